The van der Waals surface area contributed by atoms with Crippen LogP contribution in [0.1, 0.15) is 39.7 Å². The van der Waals surface area contributed by atoms with Crippen LogP contribution in [0.4, 0.5) is 4.39 Å². The molecule has 1 heterocycles. The highest BCUT2D eigenvalue weighted by Gasteiger charge is 2.23. The van der Waals surface area contributed by atoms with Crippen molar-refractivity contribution in [3.63, 3.8) is 0 Å². The Balaban J connectivity index is 1.70. The number of benzene rings is 3. The number of hydrogen-bond acceptors (Lipinski definition) is 3. The molecular formula is C27H27FN2O3. The molecule has 0 saturated carbocycles. The summed E-state index contributed by atoms with van der Waals surface area (Å²) in [5.74, 6) is -0.683. The molecule has 0 bridgehead atoms. The summed E-state index contributed by atoms with van der Waals surface area (Å²) in [5.41, 5.74) is 4.93. The number of carboxylic acids is 1. The van der Waals surface area contributed by atoms with E-state index in [1.807, 2.05) is 18.2 Å². The van der Waals surface area contributed by atoms with E-state index in [1.54, 1.807) is 23.8 Å². The number of carboxylic acid groups (broad SMARTS) is 1. The Kier molecular flexibility index (Phi) is 6.75. The quantitative estimate of drug-likeness (QED) is 0.362. The third-order valence-corrected chi connectivity index (χ3v) is 5.90. The van der Waals surface area contributed by atoms with E-state index < -0.39 is 5.97 Å². The first-order valence-electron chi connectivity index (χ1n) is 11.0. The number of halogens is 1. The number of aromatic carboxylic acids is 1. The van der Waals surface area contributed by atoms with Crippen molar-refractivity contribution < 1.29 is 19.0 Å². The molecule has 5 nitrogen and oxygen atoms in total. The lowest BCUT2D eigenvalue weighted by molar-refractivity contribution is 0.0684. The molecule has 0 fully saturated rings. The minimum absolute atomic E-state index is 0.219. The maximum absolute atomic E-state index is 13.4. The number of nitrogens with zero attached hydrogens (tertiary/aromatic N) is 1. The van der Waals surface area contributed by atoms with Gasteiger partial charge in [-0.2, -0.15) is 0 Å². The average Bonchev–Trinajstić information content (AvgIpc) is 3.13. The molecule has 0 aliphatic carbocycles. The number of carbonyl (C=O) groups is 1. The Morgan fingerprint density at radius 1 is 0.970 bits per heavy atom. The Morgan fingerprint density at radius 2 is 1.64 bits per heavy atom. The Labute approximate surface area is 192 Å². The second-order valence-corrected chi connectivity index (χ2v) is 8.00. The predicted molar refractivity (Wildman–Crippen MR) is 127 cm³/mol. The van der Waals surface area contributed by atoms with Crippen molar-refractivity contribution in [1.29, 1.82) is 0 Å². The van der Waals surface area contributed by atoms with Crippen LogP contribution in [0.25, 0.3) is 10.9 Å². The summed E-state index contributed by atoms with van der Waals surface area (Å²) in [6.45, 7) is 3.46. The van der Waals surface area contributed by atoms with Crippen molar-refractivity contribution in [2.45, 2.75) is 33.0 Å². The van der Waals surface area contributed by atoms with Crippen LogP contribution >= 0.6 is 0 Å². The Morgan fingerprint density at radius 3 is 2.27 bits per heavy atom. The lowest BCUT2D eigenvalue weighted by Gasteiger charge is -2.10. The second-order valence-electron chi connectivity index (χ2n) is 8.00. The van der Waals surface area contributed by atoms with Crippen LogP contribution in [0.5, 0.6) is 5.75 Å². The van der Waals surface area contributed by atoms with E-state index in [2.05, 4.69) is 36.5 Å². The third kappa shape index (κ3) is 4.91. The number of aryl methyl sites for hydroxylation is 1. The number of hydrogen-bond donors (Lipinski definition) is 2. The molecule has 6 heteroatoms. The number of rotatable bonds is 9. The molecule has 1 aromatic heterocycles. The number of nitrogens with one attached hydrogen (secondary N) is 1. The summed E-state index contributed by atoms with van der Waals surface area (Å²) in [4.78, 5) is 12.4. The molecular weight excluding hydrogens is 419 g/mol. The lowest BCUT2D eigenvalue weighted by Crippen LogP contribution is -2.17. The zero-order valence-electron chi connectivity index (χ0n) is 18.8. The maximum atomic E-state index is 13.4. The van der Waals surface area contributed by atoms with Gasteiger partial charge in [-0.15, -0.1) is 0 Å². The molecule has 0 radical (unpaired) electrons. The van der Waals surface area contributed by atoms with Gasteiger partial charge in [0.25, 0.3) is 0 Å². The molecule has 4 rings (SSSR count). The molecule has 0 atom stereocenters. The molecule has 0 amide bonds. The summed E-state index contributed by atoms with van der Waals surface area (Å²) in [7, 11) is 1.58. The first-order chi connectivity index (χ1) is 16.0. The van der Waals surface area contributed by atoms with Crippen LogP contribution in [0.2, 0.25) is 0 Å². The van der Waals surface area contributed by atoms with Crippen LogP contribution in [-0.4, -0.2) is 22.8 Å². The minimum atomic E-state index is -1.00. The van der Waals surface area contributed by atoms with Gasteiger partial charge in [0.15, 0.2) is 0 Å². The van der Waals surface area contributed by atoms with Gasteiger partial charge >= 0.3 is 5.97 Å². The molecule has 170 valence electrons. The molecule has 0 unspecified atom stereocenters. The predicted octanol–water partition coefficient (Wildman–Crippen LogP) is 5.39. The molecule has 3 aromatic carbocycles. The SMILES string of the molecule is CCc1ccc(CNCc2c(C(=O)O)n(Cc3ccc(F)cc3)c3cc(OC)ccc23)cc1. The maximum Gasteiger partial charge on any atom is 0.352 e. The van der Waals surface area contributed by atoms with Gasteiger partial charge in [-0.05, 0) is 47.4 Å². The van der Waals surface area contributed by atoms with Gasteiger partial charge in [-0.1, -0.05) is 43.3 Å². The smallest absolute Gasteiger partial charge is 0.352 e. The second kappa shape index (κ2) is 9.88. The summed E-state index contributed by atoms with van der Waals surface area (Å²) < 4.78 is 20.5. The minimum Gasteiger partial charge on any atom is -0.497 e. The van der Waals surface area contributed by atoms with Crippen LogP contribution in [0, 0.1) is 5.82 Å². The fraction of sp³-hybridized carbons (Fsp3) is 0.222. The molecule has 0 aliphatic rings. The topological polar surface area (TPSA) is 63.5 Å². The van der Waals surface area contributed by atoms with Gasteiger partial charge in [-0.3, -0.25) is 0 Å². The molecule has 2 N–H and O–H groups in total. The number of ether oxygens (including phenoxy) is 1. The van der Waals surface area contributed by atoms with Gasteiger partial charge in [0.1, 0.15) is 17.3 Å². The van der Waals surface area contributed by atoms with Gasteiger partial charge in [0.2, 0.25) is 0 Å². The molecule has 0 aliphatic heterocycles. The zero-order chi connectivity index (χ0) is 23.4. The highest BCUT2D eigenvalue weighted by Crippen LogP contribution is 2.31. The van der Waals surface area contributed by atoms with E-state index in [1.165, 1.54) is 17.7 Å². The first kappa shape index (κ1) is 22.6. The van der Waals surface area contributed by atoms with Crippen LogP contribution in [0.15, 0.2) is 66.7 Å². The third-order valence-electron chi connectivity index (χ3n) is 5.90. The summed E-state index contributed by atoms with van der Waals surface area (Å²) in [6, 6.07) is 20.1. The summed E-state index contributed by atoms with van der Waals surface area (Å²) in [6.07, 6.45) is 0.993. The van der Waals surface area contributed by atoms with E-state index in [0.29, 0.717) is 30.9 Å². The summed E-state index contributed by atoms with van der Waals surface area (Å²) >= 11 is 0. The van der Waals surface area contributed by atoms with Crippen molar-refractivity contribution in [3.05, 3.63) is 100 Å². The van der Waals surface area contributed by atoms with E-state index in [9.17, 15) is 14.3 Å². The van der Waals surface area contributed by atoms with E-state index in [-0.39, 0.29) is 11.5 Å². The molecule has 0 spiro atoms. The van der Waals surface area contributed by atoms with Crippen molar-refractivity contribution in [2.75, 3.05) is 7.11 Å². The molecule has 4 aromatic rings. The van der Waals surface area contributed by atoms with E-state index in [0.717, 1.165) is 28.5 Å². The molecule has 0 saturated heterocycles. The van der Waals surface area contributed by atoms with E-state index in [4.69, 9.17) is 4.74 Å². The van der Waals surface area contributed by atoms with Gasteiger partial charge in [0.05, 0.1) is 12.6 Å². The number of aromatic nitrogens is 1. The van der Waals surface area contributed by atoms with Crippen LogP contribution in [-0.2, 0) is 26.1 Å². The zero-order valence-corrected chi connectivity index (χ0v) is 18.8. The van der Waals surface area contributed by atoms with Crippen LogP contribution < -0.4 is 10.1 Å². The monoisotopic (exact) mass is 446 g/mol. The normalized spacial score (nSPS) is 11.1. The standard InChI is InChI=1S/C27H27FN2O3/c1-3-18-4-6-19(7-5-18)15-29-16-24-23-13-12-22(33-2)14-25(23)30(26(24)27(31)32)17-20-8-10-21(28)11-9-20/h4-14,29H,3,15-17H2,1-2H3,(H,31,32). The van der Waals surface area contributed by atoms with Gasteiger partial charge < -0.3 is 19.7 Å². The Hall–Kier alpha value is -3.64. The van der Waals surface area contributed by atoms with Gasteiger partial charge in [0, 0.05) is 36.7 Å². The fourth-order valence-corrected chi connectivity index (χ4v) is 4.11. The van der Waals surface area contributed by atoms with Crippen molar-refractivity contribution >= 4 is 16.9 Å². The number of fused-ring (bicyclic) bond motifs is 1. The highest BCUT2D eigenvalue weighted by atomic mass is 19.1. The highest BCUT2D eigenvalue weighted by molar-refractivity contribution is 5.98. The van der Waals surface area contributed by atoms with Crippen LogP contribution in [0.3, 0.4) is 0 Å². The van der Waals surface area contributed by atoms with Crippen molar-refractivity contribution in [2.24, 2.45) is 0 Å². The lowest BCUT2D eigenvalue weighted by atomic mass is 10.1. The fourth-order valence-electron chi connectivity index (χ4n) is 4.11. The largest absolute Gasteiger partial charge is 0.497 e. The molecule has 33 heavy (non-hydrogen) atoms. The first-order valence-corrected chi connectivity index (χ1v) is 11.0. The average molecular weight is 447 g/mol. The number of methoxy groups -OCH3 is 1. The van der Waals surface area contributed by atoms with Gasteiger partial charge in [-0.25, -0.2) is 9.18 Å². The van der Waals surface area contributed by atoms with Crippen molar-refractivity contribution in [3.8, 4) is 5.75 Å². The summed E-state index contributed by atoms with van der Waals surface area (Å²) in [5, 5.41) is 14.4. The van der Waals surface area contributed by atoms with E-state index >= 15 is 0 Å². The Bertz CT molecular complexity index is 1260. The van der Waals surface area contributed by atoms with Crippen molar-refractivity contribution in [1.82, 2.24) is 9.88 Å².